The van der Waals surface area contributed by atoms with Gasteiger partial charge in [-0.2, -0.15) is 0 Å². The van der Waals surface area contributed by atoms with Crippen LogP contribution in [0.2, 0.25) is 0 Å². The predicted molar refractivity (Wildman–Crippen MR) is 112 cm³/mol. The first-order valence-electron chi connectivity index (χ1n) is 10.4. The topological polar surface area (TPSA) is 78.9 Å². The molecule has 158 valence electrons. The van der Waals surface area contributed by atoms with E-state index in [4.69, 9.17) is 4.74 Å². The van der Waals surface area contributed by atoms with Gasteiger partial charge in [0.25, 0.3) is 5.91 Å². The fourth-order valence-electron chi connectivity index (χ4n) is 5.78. The maximum Gasteiger partial charge on any atom is 0.426 e. The molecule has 0 spiro atoms. The molecule has 29 heavy (non-hydrogen) atoms. The molecule has 4 fully saturated rings. The van der Waals surface area contributed by atoms with Crippen LogP contribution in [0.25, 0.3) is 0 Å². The molecular weight excluding hydrogens is 436 g/mol. The minimum atomic E-state index is -0.814. The van der Waals surface area contributed by atoms with Crippen LogP contribution in [-0.4, -0.2) is 38.1 Å². The smallest absolute Gasteiger partial charge is 0.426 e. The highest BCUT2D eigenvalue weighted by molar-refractivity contribution is 9.10. The fraction of sp³-hybridized carbons (Fsp3) is 0.636. The molecule has 0 radical (unpaired) electrons. The van der Waals surface area contributed by atoms with Crippen molar-refractivity contribution in [3.63, 3.8) is 0 Å². The zero-order chi connectivity index (χ0) is 20.8. The molecule has 2 amide bonds. The molecule has 5 rings (SSSR count). The van der Waals surface area contributed by atoms with E-state index in [1.165, 1.54) is 5.01 Å². The van der Waals surface area contributed by atoms with E-state index in [1.54, 1.807) is 13.8 Å². The van der Waals surface area contributed by atoms with Gasteiger partial charge in [-0.15, -0.1) is 0 Å². The van der Waals surface area contributed by atoms with Crippen molar-refractivity contribution in [1.29, 1.82) is 0 Å². The lowest BCUT2D eigenvalue weighted by Crippen LogP contribution is -2.67. The van der Waals surface area contributed by atoms with Crippen LogP contribution < -0.4 is 5.43 Å². The Labute approximate surface area is 180 Å². The number of ether oxygens (including phenoxy) is 1. The number of amides is 2. The lowest BCUT2D eigenvalue weighted by molar-refractivity contribution is -0.177. The molecule has 0 saturated heterocycles. The number of nitrogens with zero attached hydrogens (tertiary/aromatic N) is 1. The third-order valence-corrected chi connectivity index (χ3v) is 6.98. The van der Waals surface area contributed by atoms with E-state index in [9.17, 15) is 14.7 Å². The van der Waals surface area contributed by atoms with Crippen molar-refractivity contribution >= 4 is 27.9 Å². The molecule has 1 aromatic rings. The van der Waals surface area contributed by atoms with Crippen LogP contribution in [-0.2, 0) is 16.1 Å². The molecule has 0 heterocycles. The summed E-state index contributed by atoms with van der Waals surface area (Å²) in [5.41, 5.74) is 3.03. The summed E-state index contributed by atoms with van der Waals surface area (Å²) in [7, 11) is 0. The standard InChI is InChI=1S/C22H29BrN2O4/c1-21(2,23)19(26)25(24-20(27)29-13-14-6-4-3-5-7-14)18-16-8-15-9-17(18)12-22(28,10-15)11-16/h3-7,15-18,28H,8-13H2,1-2H3,(H,24,27)/t15?,16-,17+,18?,22?. The minimum absolute atomic E-state index is 0.111. The number of hydrogen-bond donors (Lipinski definition) is 2. The Morgan fingerprint density at radius 3 is 2.38 bits per heavy atom. The lowest BCUT2D eigenvalue weighted by Gasteiger charge is -2.60. The summed E-state index contributed by atoms with van der Waals surface area (Å²) in [6.07, 6.45) is 3.62. The van der Waals surface area contributed by atoms with Crippen molar-refractivity contribution in [2.24, 2.45) is 17.8 Å². The largest absolute Gasteiger partial charge is 0.443 e. The first kappa shape index (κ1) is 20.7. The number of alkyl halides is 1. The van der Waals surface area contributed by atoms with E-state index < -0.39 is 16.0 Å². The molecule has 3 unspecified atom stereocenters. The van der Waals surface area contributed by atoms with Gasteiger partial charge in [-0.05, 0) is 69.3 Å². The summed E-state index contributed by atoms with van der Waals surface area (Å²) in [6, 6.07) is 9.34. The second-order valence-corrected chi connectivity index (χ2v) is 11.5. The first-order valence-corrected chi connectivity index (χ1v) is 11.2. The Balaban J connectivity index is 1.50. The van der Waals surface area contributed by atoms with Gasteiger partial charge >= 0.3 is 6.09 Å². The molecule has 4 saturated carbocycles. The van der Waals surface area contributed by atoms with Crippen LogP contribution >= 0.6 is 15.9 Å². The number of carbonyl (C=O) groups is 2. The third kappa shape index (κ3) is 4.31. The van der Waals surface area contributed by atoms with E-state index in [1.807, 2.05) is 30.3 Å². The van der Waals surface area contributed by atoms with Crippen molar-refractivity contribution in [1.82, 2.24) is 10.4 Å². The van der Waals surface area contributed by atoms with Crippen LogP contribution in [0.4, 0.5) is 4.79 Å². The minimum Gasteiger partial charge on any atom is -0.443 e. The van der Waals surface area contributed by atoms with Gasteiger partial charge in [0.2, 0.25) is 0 Å². The zero-order valence-corrected chi connectivity index (χ0v) is 18.5. The van der Waals surface area contributed by atoms with Crippen molar-refractivity contribution in [2.45, 2.75) is 68.5 Å². The van der Waals surface area contributed by atoms with E-state index in [0.29, 0.717) is 18.8 Å². The highest BCUT2D eigenvalue weighted by Gasteiger charge is 2.57. The van der Waals surface area contributed by atoms with E-state index in [2.05, 4.69) is 21.4 Å². The summed E-state index contributed by atoms with van der Waals surface area (Å²) >= 11 is 3.46. The Hall–Kier alpha value is -1.60. The zero-order valence-electron chi connectivity index (χ0n) is 16.9. The summed E-state index contributed by atoms with van der Waals surface area (Å²) in [4.78, 5) is 25.8. The Kier molecular flexibility index (Phi) is 5.40. The number of nitrogens with one attached hydrogen (secondary N) is 1. The highest BCUT2D eigenvalue weighted by atomic mass is 79.9. The van der Waals surface area contributed by atoms with Crippen molar-refractivity contribution in [3.8, 4) is 0 Å². The number of hydrogen-bond acceptors (Lipinski definition) is 4. The van der Waals surface area contributed by atoms with E-state index in [-0.39, 0.29) is 30.4 Å². The number of benzene rings is 1. The van der Waals surface area contributed by atoms with Crippen LogP contribution in [0.1, 0.15) is 51.5 Å². The molecule has 7 heteroatoms. The third-order valence-electron chi connectivity index (χ3n) is 6.64. The lowest BCUT2D eigenvalue weighted by atomic mass is 9.52. The Morgan fingerprint density at radius 1 is 1.21 bits per heavy atom. The predicted octanol–water partition coefficient (Wildman–Crippen LogP) is 3.77. The molecule has 4 aliphatic carbocycles. The maximum atomic E-state index is 13.2. The summed E-state index contributed by atoms with van der Waals surface area (Å²) < 4.78 is 4.56. The second kappa shape index (κ2) is 7.58. The summed E-state index contributed by atoms with van der Waals surface area (Å²) in [6.45, 7) is 3.71. The molecule has 4 aliphatic rings. The first-order chi connectivity index (χ1) is 13.6. The van der Waals surface area contributed by atoms with Gasteiger partial charge in [0.1, 0.15) is 10.9 Å². The van der Waals surface area contributed by atoms with Gasteiger partial charge in [-0.3, -0.25) is 4.79 Å². The van der Waals surface area contributed by atoms with Gasteiger partial charge < -0.3 is 9.84 Å². The Morgan fingerprint density at radius 2 is 1.83 bits per heavy atom. The molecule has 4 bridgehead atoms. The summed E-state index contributed by atoms with van der Waals surface area (Å²) in [5.74, 6) is 0.713. The monoisotopic (exact) mass is 464 g/mol. The van der Waals surface area contributed by atoms with Crippen LogP contribution in [0.3, 0.4) is 0 Å². The Bertz CT molecular complexity index is 763. The molecule has 5 atom stereocenters. The molecule has 2 N–H and O–H groups in total. The van der Waals surface area contributed by atoms with Gasteiger partial charge in [-0.25, -0.2) is 15.2 Å². The average Bonchev–Trinajstić information content (AvgIpc) is 2.63. The van der Waals surface area contributed by atoms with E-state index in [0.717, 1.165) is 24.8 Å². The molecular formula is C22H29BrN2O4. The normalized spacial score (nSPS) is 32.7. The van der Waals surface area contributed by atoms with E-state index >= 15 is 0 Å². The van der Waals surface area contributed by atoms with Crippen molar-refractivity contribution in [2.75, 3.05) is 0 Å². The van der Waals surface area contributed by atoms with Crippen LogP contribution in [0.5, 0.6) is 0 Å². The van der Waals surface area contributed by atoms with Gasteiger partial charge in [0.15, 0.2) is 0 Å². The van der Waals surface area contributed by atoms with Crippen LogP contribution in [0.15, 0.2) is 30.3 Å². The molecule has 0 aromatic heterocycles. The number of hydrazine groups is 1. The van der Waals surface area contributed by atoms with Gasteiger partial charge in [0, 0.05) is 0 Å². The highest BCUT2D eigenvalue weighted by Crippen LogP contribution is 2.57. The van der Waals surface area contributed by atoms with Crippen molar-refractivity contribution < 1.29 is 19.4 Å². The quantitative estimate of drug-likeness (QED) is 0.524. The molecule has 6 nitrogen and oxygen atoms in total. The number of aliphatic hydroxyl groups is 1. The van der Waals surface area contributed by atoms with Gasteiger partial charge in [0.05, 0.1) is 11.6 Å². The SMILES string of the molecule is CC(C)(Br)C(=O)N(NC(=O)OCc1ccccc1)C1[C@@H]2CC3C[C@H]1CC(O)(C3)C2. The average molecular weight is 465 g/mol. The molecule has 0 aliphatic heterocycles. The molecule has 1 aromatic carbocycles. The summed E-state index contributed by atoms with van der Waals surface area (Å²) in [5, 5.41) is 12.4. The number of carbonyl (C=O) groups excluding carboxylic acids is 2. The fourth-order valence-corrected chi connectivity index (χ4v) is 5.97. The maximum absolute atomic E-state index is 13.2. The number of rotatable bonds is 4. The van der Waals surface area contributed by atoms with Crippen LogP contribution in [0, 0.1) is 17.8 Å². The van der Waals surface area contributed by atoms with Gasteiger partial charge in [-0.1, -0.05) is 46.3 Å². The second-order valence-electron chi connectivity index (χ2n) is 9.51. The van der Waals surface area contributed by atoms with Crippen molar-refractivity contribution in [3.05, 3.63) is 35.9 Å². The number of halogens is 1.